The van der Waals surface area contributed by atoms with Gasteiger partial charge in [-0.05, 0) is 61.8 Å². The number of fused-ring (bicyclic) bond motifs is 1. The summed E-state index contributed by atoms with van der Waals surface area (Å²) in [6.45, 7) is 1.23. The second-order valence-electron chi connectivity index (χ2n) is 9.36. The zero-order valence-electron chi connectivity index (χ0n) is 19.4. The first kappa shape index (κ1) is 24.8. The standard InChI is InChI=1S/C24H28Cl2N4O4S/c1-35(31,32)19-11-15(6-7-17(19)27)18-8-5-14(13-34-18)10-21-29-23-16(25)12-20(26)28-24(23)30(21)22-4-2-3-9-33-22/h6-7,11-12,14,18,22H,2-5,8-10,13,27H2,1H3. The minimum atomic E-state index is -3.41. The molecule has 8 nitrogen and oxygen atoms in total. The maximum Gasteiger partial charge on any atom is 0.177 e. The van der Waals surface area contributed by atoms with Gasteiger partial charge in [0.2, 0.25) is 0 Å². The molecule has 3 unspecified atom stereocenters. The van der Waals surface area contributed by atoms with Crippen molar-refractivity contribution in [3.8, 4) is 0 Å². The Bertz CT molecular complexity index is 1350. The Morgan fingerprint density at radius 1 is 1.11 bits per heavy atom. The van der Waals surface area contributed by atoms with E-state index in [1.54, 1.807) is 18.2 Å². The van der Waals surface area contributed by atoms with E-state index in [2.05, 4.69) is 9.55 Å². The molecule has 0 radical (unpaired) electrons. The third-order valence-electron chi connectivity index (χ3n) is 6.74. The molecule has 0 amide bonds. The number of hydrogen-bond acceptors (Lipinski definition) is 7. The average Bonchev–Trinajstić information content (AvgIpc) is 3.18. The van der Waals surface area contributed by atoms with Crippen LogP contribution in [0, 0.1) is 5.92 Å². The fraction of sp³-hybridized carbons (Fsp3) is 0.500. The third kappa shape index (κ3) is 5.15. The summed E-state index contributed by atoms with van der Waals surface area (Å²) in [6, 6.07) is 6.72. The summed E-state index contributed by atoms with van der Waals surface area (Å²) in [5, 5.41) is 0.799. The topological polar surface area (TPSA) is 109 Å². The van der Waals surface area contributed by atoms with Crippen LogP contribution in [0.3, 0.4) is 0 Å². The highest BCUT2D eigenvalue weighted by Crippen LogP contribution is 2.36. The van der Waals surface area contributed by atoms with Gasteiger partial charge in [-0.3, -0.25) is 4.57 Å². The van der Waals surface area contributed by atoms with Crippen molar-refractivity contribution in [2.45, 2.75) is 55.8 Å². The van der Waals surface area contributed by atoms with Crippen LogP contribution < -0.4 is 5.73 Å². The van der Waals surface area contributed by atoms with E-state index in [1.165, 1.54) is 0 Å². The van der Waals surface area contributed by atoms with Crippen molar-refractivity contribution in [3.63, 3.8) is 0 Å². The summed E-state index contributed by atoms with van der Waals surface area (Å²) < 4.78 is 38.4. The van der Waals surface area contributed by atoms with Crippen molar-refractivity contribution in [2.75, 3.05) is 25.2 Å². The molecule has 0 bridgehead atoms. The fourth-order valence-electron chi connectivity index (χ4n) is 4.98. The van der Waals surface area contributed by atoms with Gasteiger partial charge in [-0.25, -0.2) is 18.4 Å². The number of nitrogens with zero attached hydrogens (tertiary/aromatic N) is 3. The highest BCUT2D eigenvalue weighted by molar-refractivity contribution is 7.90. The number of rotatable bonds is 5. The largest absolute Gasteiger partial charge is 0.398 e. The van der Waals surface area contributed by atoms with Crippen LogP contribution in [-0.2, 0) is 25.7 Å². The van der Waals surface area contributed by atoms with E-state index < -0.39 is 9.84 Å². The normalized spacial score (nSPS) is 23.6. The van der Waals surface area contributed by atoms with Crippen molar-refractivity contribution >= 4 is 49.9 Å². The number of halogens is 2. The maximum absolute atomic E-state index is 12.1. The van der Waals surface area contributed by atoms with Crippen molar-refractivity contribution in [1.82, 2.24) is 14.5 Å². The Morgan fingerprint density at radius 3 is 2.63 bits per heavy atom. The van der Waals surface area contributed by atoms with Crippen molar-refractivity contribution < 1.29 is 17.9 Å². The number of sulfone groups is 1. The minimum absolute atomic E-state index is 0.143. The van der Waals surface area contributed by atoms with Gasteiger partial charge in [0.05, 0.1) is 28.3 Å². The zero-order valence-corrected chi connectivity index (χ0v) is 21.7. The molecule has 5 rings (SSSR count). The molecule has 0 saturated carbocycles. The molecule has 2 aliphatic heterocycles. The van der Waals surface area contributed by atoms with E-state index in [1.807, 2.05) is 6.07 Å². The molecule has 35 heavy (non-hydrogen) atoms. The van der Waals surface area contributed by atoms with E-state index >= 15 is 0 Å². The number of nitrogens with two attached hydrogens (primary N) is 1. The number of benzene rings is 1. The van der Waals surface area contributed by atoms with Crippen molar-refractivity contribution in [2.24, 2.45) is 5.92 Å². The van der Waals surface area contributed by atoms with Crippen LogP contribution in [0.5, 0.6) is 0 Å². The number of hydrogen-bond donors (Lipinski definition) is 1. The Morgan fingerprint density at radius 2 is 1.94 bits per heavy atom. The second kappa shape index (κ2) is 9.86. The van der Waals surface area contributed by atoms with Crippen molar-refractivity contribution in [3.05, 3.63) is 45.8 Å². The van der Waals surface area contributed by atoms with Gasteiger partial charge in [0.25, 0.3) is 0 Å². The van der Waals surface area contributed by atoms with Gasteiger partial charge in [0.15, 0.2) is 15.5 Å². The first-order chi connectivity index (χ1) is 16.7. The maximum atomic E-state index is 12.1. The first-order valence-corrected chi connectivity index (χ1v) is 14.4. The number of nitrogen functional groups attached to an aromatic ring is 1. The lowest BCUT2D eigenvalue weighted by atomic mass is 9.92. The van der Waals surface area contributed by atoms with Gasteiger partial charge in [-0.1, -0.05) is 29.3 Å². The van der Waals surface area contributed by atoms with Crippen LogP contribution in [0.2, 0.25) is 10.2 Å². The number of ether oxygens (including phenoxy) is 2. The molecule has 2 N–H and O–H groups in total. The molecule has 1 aromatic carbocycles. The Balaban J connectivity index is 1.36. The van der Waals surface area contributed by atoms with E-state index in [9.17, 15) is 8.42 Å². The first-order valence-electron chi connectivity index (χ1n) is 11.8. The summed E-state index contributed by atoms with van der Waals surface area (Å²) in [4.78, 5) is 9.51. The van der Waals surface area contributed by atoms with Crippen LogP contribution in [0.1, 0.15) is 55.8 Å². The van der Waals surface area contributed by atoms with Crippen LogP contribution in [0.25, 0.3) is 11.2 Å². The number of pyridine rings is 1. The van der Waals surface area contributed by atoms with Gasteiger partial charge < -0.3 is 15.2 Å². The molecule has 2 fully saturated rings. The van der Waals surface area contributed by atoms with Gasteiger partial charge in [-0.15, -0.1) is 0 Å². The predicted octanol–water partition coefficient (Wildman–Crippen LogP) is 5.13. The lowest BCUT2D eigenvalue weighted by molar-refractivity contribution is -0.0350. The van der Waals surface area contributed by atoms with Crippen LogP contribution in [-0.4, -0.2) is 42.4 Å². The third-order valence-corrected chi connectivity index (χ3v) is 8.37. The molecule has 11 heteroatoms. The highest BCUT2D eigenvalue weighted by atomic mass is 35.5. The monoisotopic (exact) mass is 538 g/mol. The Kier molecular flexibility index (Phi) is 6.98. The van der Waals surface area contributed by atoms with E-state index in [-0.39, 0.29) is 28.8 Å². The summed E-state index contributed by atoms with van der Waals surface area (Å²) in [6.07, 6.45) is 6.19. The summed E-state index contributed by atoms with van der Waals surface area (Å²) in [7, 11) is -3.41. The molecule has 188 valence electrons. The van der Waals surface area contributed by atoms with Gasteiger partial charge in [0.1, 0.15) is 22.7 Å². The van der Waals surface area contributed by atoms with Gasteiger partial charge >= 0.3 is 0 Å². The van der Waals surface area contributed by atoms with Crippen LogP contribution in [0.15, 0.2) is 29.2 Å². The highest BCUT2D eigenvalue weighted by Gasteiger charge is 2.29. The fourth-order valence-corrected chi connectivity index (χ4v) is 6.30. The molecular weight excluding hydrogens is 511 g/mol. The molecule has 3 atom stereocenters. The van der Waals surface area contributed by atoms with Gasteiger partial charge in [0, 0.05) is 19.3 Å². The van der Waals surface area contributed by atoms with E-state index in [4.69, 9.17) is 43.4 Å². The van der Waals surface area contributed by atoms with Gasteiger partial charge in [-0.2, -0.15) is 0 Å². The molecule has 3 aromatic rings. The number of anilines is 1. The summed E-state index contributed by atoms with van der Waals surface area (Å²) in [5.41, 5.74) is 8.23. The molecule has 0 aliphatic carbocycles. The Hall–Kier alpha value is -1.91. The molecule has 2 aliphatic rings. The average molecular weight is 539 g/mol. The van der Waals surface area contributed by atoms with Crippen LogP contribution in [0.4, 0.5) is 5.69 Å². The molecule has 2 saturated heterocycles. The number of aromatic nitrogens is 3. The Labute approximate surface area is 214 Å². The SMILES string of the molecule is CS(=O)(=O)c1cc(C2CCC(Cc3nc4c(Cl)cc(Cl)nc4n3C3CCCCO3)CO2)ccc1N. The lowest BCUT2D eigenvalue weighted by Crippen LogP contribution is -2.26. The summed E-state index contributed by atoms with van der Waals surface area (Å²) in [5.74, 6) is 1.10. The molecule has 2 aromatic heterocycles. The molecule has 4 heterocycles. The smallest absolute Gasteiger partial charge is 0.177 e. The molecular formula is C24H28Cl2N4O4S. The lowest BCUT2D eigenvalue weighted by Gasteiger charge is -2.30. The van der Waals surface area contributed by atoms with E-state index in [0.717, 1.165) is 49.7 Å². The van der Waals surface area contributed by atoms with Crippen LogP contribution >= 0.6 is 23.2 Å². The minimum Gasteiger partial charge on any atom is -0.398 e. The number of imidazole rings is 1. The van der Waals surface area contributed by atoms with Crippen molar-refractivity contribution in [1.29, 1.82) is 0 Å². The quantitative estimate of drug-likeness (QED) is 0.354. The zero-order chi connectivity index (χ0) is 24.7. The van der Waals surface area contributed by atoms with E-state index in [0.29, 0.717) is 41.0 Å². The second-order valence-corrected chi connectivity index (χ2v) is 12.1. The summed E-state index contributed by atoms with van der Waals surface area (Å²) >= 11 is 12.7. The predicted molar refractivity (Wildman–Crippen MR) is 135 cm³/mol. The molecule has 0 spiro atoms.